The molecule has 0 radical (unpaired) electrons. The molecule has 2 rings (SSSR count). The van der Waals surface area contributed by atoms with E-state index in [9.17, 15) is 0 Å². The molecule has 0 N–H and O–H groups in total. The highest BCUT2D eigenvalue weighted by Gasteiger charge is 2.08. The Balaban J connectivity index is 2.23. The third kappa shape index (κ3) is 3.82. The fraction of sp³-hybridized carbons (Fsp3) is 0.167. The van der Waals surface area contributed by atoms with Crippen LogP contribution in [0.25, 0.3) is 0 Å². The van der Waals surface area contributed by atoms with Gasteiger partial charge in [0, 0.05) is 25.4 Å². The molecular weight excluding hydrogens is 244 g/mol. The van der Waals surface area contributed by atoms with Gasteiger partial charge in [-0.05, 0) is 12.5 Å². The SMILES string of the molecule is CC=C/N=C(/c1ccccc1)N(C)Cc1ccccc1. The lowest BCUT2D eigenvalue weighted by molar-refractivity contribution is 0.501. The highest BCUT2D eigenvalue weighted by molar-refractivity contribution is 5.98. The Hall–Kier alpha value is -2.35. The molecule has 0 unspecified atom stereocenters. The highest BCUT2D eigenvalue weighted by atomic mass is 15.2. The molecule has 0 heterocycles. The average Bonchev–Trinajstić information content (AvgIpc) is 2.50. The number of aliphatic imine (C=N–C) groups is 1. The van der Waals surface area contributed by atoms with Gasteiger partial charge in [-0.15, -0.1) is 0 Å². The molecule has 0 saturated carbocycles. The molecule has 0 fully saturated rings. The first-order chi connectivity index (χ1) is 9.81. The van der Waals surface area contributed by atoms with E-state index in [0.29, 0.717) is 0 Å². The number of rotatable bonds is 4. The minimum Gasteiger partial charge on any atom is -0.355 e. The van der Waals surface area contributed by atoms with Crippen LogP contribution in [0.5, 0.6) is 0 Å². The molecule has 0 amide bonds. The Morgan fingerprint density at radius 3 is 2.20 bits per heavy atom. The molecule has 0 spiro atoms. The number of nitrogens with zero attached hydrogens (tertiary/aromatic N) is 2. The maximum Gasteiger partial charge on any atom is 0.135 e. The number of hydrogen-bond donors (Lipinski definition) is 0. The molecule has 0 bridgehead atoms. The summed E-state index contributed by atoms with van der Waals surface area (Å²) in [6.45, 7) is 2.81. The van der Waals surface area contributed by atoms with Crippen molar-refractivity contribution in [2.24, 2.45) is 4.99 Å². The van der Waals surface area contributed by atoms with E-state index >= 15 is 0 Å². The van der Waals surface area contributed by atoms with Crippen LogP contribution in [0.15, 0.2) is 77.9 Å². The molecule has 0 saturated heterocycles. The number of allylic oxidation sites excluding steroid dienone is 1. The van der Waals surface area contributed by atoms with E-state index in [2.05, 4.69) is 53.3 Å². The lowest BCUT2D eigenvalue weighted by Crippen LogP contribution is -2.27. The largest absolute Gasteiger partial charge is 0.355 e. The molecule has 0 aromatic heterocycles. The van der Waals surface area contributed by atoms with Gasteiger partial charge in [0.1, 0.15) is 5.84 Å². The van der Waals surface area contributed by atoms with E-state index < -0.39 is 0 Å². The second-order valence-electron chi connectivity index (χ2n) is 4.64. The topological polar surface area (TPSA) is 15.6 Å². The number of hydrogen-bond acceptors (Lipinski definition) is 1. The van der Waals surface area contributed by atoms with Gasteiger partial charge in [-0.25, -0.2) is 4.99 Å². The zero-order valence-electron chi connectivity index (χ0n) is 12.0. The monoisotopic (exact) mass is 264 g/mol. The van der Waals surface area contributed by atoms with Crippen LogP contribution in [-0.2, 0) is 6.54 Å². The normalized spacial score (nSPS) is 11.8. The van der Waals surface area contributed by atoms with Gasteiger partial charge in [-0.2, -0.15) is 0 Å². The van der Waals surface area contributed by atoms with E-state index in [4.69, 9.17) is 0 Å². The summed E-state index contributed by atoms with van der Waals surface area (Å²) in [6.07, 6.45) is 3.78. The third-order valence-corrected chi connectivity index (χ3v) is 3.00. The van der Waals surface area contributed by atoms with Gasteiger partial charge in [0.05, 0.1) is 0 Å². The number of benzene rings is 2. The molecule has 2 heteroatoms. The van der Waals surface area contributed by atoms with Crippen LogP contribution in [0.1, 0.15) is 18.1 Å². The Bertz CT molecular complexity index is 571. The van der Waals surface area contributed by atoms with Gasteiger partial charge >= 0.3 is 0 Å². The minimum absolute atomic E-state index is 0.839. The second-order valence-corrected chi connectivity index (χ2v) is 4.64. The second kappa shape index (κ2) is 7.29. The van der Waals surface area contributed by atoms with Crippen LogP contribution in [0.3, 0.4) is 0 Å². The fourth-order valence-corrected chi connectivity index (χ4v) is 2.06. The van der Waals surface area contributed by atoms with E-state index in [0.717, 1.165) is 17.9 Å². The summed E-state index contributed by atoms with van der Waals surface area (Å²) in [4.78, 5) is 6.74. The van der Waals surface area contributed by atoms with Gasteiger partial charge in [-0.3, -0.25) is 0 Å². The first kappa shape index (κ1) is 14.1. The predicted octanol–water partition coefficient (Wildman–Crippen LogP) is 4.10. The maximum atomic E-state index is 4.57. The van der Waals surface area contributed by atoms with E-state index in [-0.39, 0.29) is 0 Å². The molecule has 102 valence electrons. The third-order valence-electron chi connectivity index (χ3n) is 3.00. The van der Waals surface area contributed by atoms with Crippen LogP contribution in [0, 0.1) is 0 Å². The lowest BCUT2D eigenvalue weighted by atomic mass is 10.1. The Morgan fingerprint density at radius 2 is 1.60 bits per heavy atom. The van der Waals surface area contributed by atoms with Crippen LogP contribution in [-0.4, -0.2) is 17.8 Å². The van der Waals surface area contributed by atoms with Crippen LogP contribution < -0.4 is 0 Å². The van der Waals surface area contributed by atoms with Gasteiger partial charge in [0.2, 0.25) is 0 Å². The van der Waals surface area contributed by atoms with Crippen molar-refractivity contribution in [3.63, 3.8) is 0 Å². The summed E-state index contributed by atoms with van der Waals surface area (Å²) in [5, 5.41) is 0. The van der Waals surface area contributed by atoms with E-state index in [1.807, 2.05) is 43.5 Å². The Morgan fingerprint density at radius 1 is 1.00 bits per heavy atom. The molecule has 0 aliphatic heterocycles. The molecule has 20 heavy (non-hydrogen) atoms. The highest BCUT2D eigenvalue weighted by Crippen LogP contribution is 2.09. The first-order valence-corrected chi connectivity index (χ1v) is 6.80. The van der Waals surface area contributed by atoms with Gasteiger partial charge in [0.25, 0.3) is 0 Å². The average molecular weight is 264 g/mol. The Kier molecular flexibility index (Phi) is 5.13. The van der Waals surface area contributed by atoms with Crippen molar-refractivity contribution in [3.05, 3.63) is 84.1 Å². The van der Waals surface area contributed by atoms with Crippen molar-refractivity contribution >= 4 is 5.84 Å². The van der Waals surface area contributed by atoms with Crippen molar-refractivity contribution in [1.82, 2.24) is 4.90 Å². The van der Waals surface area contributed by atoms with Crippen molar-refractivity contribution in [3.8, 4) is 0 Å². The van der Waals surface area contributed by atoms with Gasteiger partial charge in [0.15, 0.2) is 0 Å². The molecule has 2 aromatic rings. The van der Waals surface area contributed by atoms with Crippen molar-refractivity contribution in [2.45, 2.75) is 13.5 Å². The van der Waals surface area contributed by atoms with Crippen molar-refractivity contribution in [2.75, 3.05) is 7.05 Å². The zero-order valence-corrected chi connectivity index (χ0v) is 12.0. The first-order valence-electron chi connectivity index (χ1n) is 6.80. The van der Waals surface area contributed by atoms with E-state index in [1.54, 1.807) is 0 Å². The molecule has 2 nitrogen and oxygen atoms in total. The summed E-state index contributed by atoms with van der Waals surface area (Å²) in [5.74, 6) is 0.979. The van der Waals surface area contributed by atoms with Crippen LogP contribution >= 0.6 is 0 Å². The zero-order chi connectivity index (χ0) is 14.2. The van der Waals surface area contributed by atoms with Crippen LogP contribution in [0.2, 0.25) is 0 Å². The lowest BCUT2D eigenvalue weighted by Gasteiger charge is -2.21. The molecular formula is C18H20N2. The van der Waals surface area contributed by atoms with Gasteiger partial charge < -0.3 is 4.90 Å². The molecule has 0 aliphatic rings. The number of amidine groups is 1. The van der Waals surface area contributed by atoms with Crippen LogP contribution in [0.4, 0.5) is 0 Å². The fourth-order valence-electron chi connectivity index (χ4n) is 2.06. The summed E-state index contributed by atoms with van der Waals surface area (Å²) in [6, 6.07) is 20.7. The molecule has 2 aromatic carbocycles. The van der Waals surface area contributed by atoms with Crippen molar-refractivity contribution in [1.29, 1.82) is 0 Å². The van der Waals surface area contributed by atoms with E-state index in [1.165, 1.54) is 5.56 Å². The predicted molar refractivity (Wildman–Crippen MR) is 85.7 cm³/mol. The molecule has 0 atom stereocenters. The van der Waals surface area contributed by atoms with Gasteiger partial charge in [-0.1, -0.05) is 66.7 Å². The smallest absolute Gasteiger partial charge is 0.135 e. The minimum atomic E-state index is 0.839. The standard InChI is InChI=1S/C18H20N2/c1-3-14-19-18(17-12-8-5-9-13-17)20(2)15-16-10-6-4-7-11-16/h3-14H,15H2,1-2H3/b14-3?,19-18-. The summed E-state index contributed by atoms with van der Waals surface area (Å²) in [5.41, 5.74) is 2.41. The van der Waals surface area contributed by atoms with Crippen molar-refractivity contribution < 1.29 is 0 Å². The summed E-state index contributed by atoms with van der Waals surface area (Å²) >= 11 is 0. The summed E-state index contributed by atoms with van der Waals surface area (Å²) in [7, 11) is 2.07. The maximum absolute atomic E-state index is 4.57. The Labute approximate surface area is 121 Å². The quantitative estimate of drug-likeness (QED) is 0.599. The summed E-state index contributed by atoms with van der Waals surface area (Å²) < 4.78 is 0. The molecule has 0 aliphatic carbocycles.